The number of fused-ring (bicyclic) bond motifs is 1. The number of alkyl halides is 3. The van der Waals surface area contributed by atoms with E-state index in [2.05, 4.69) is 19.9 Å². The first-order valence-corrected chi connectivity index (χ1v) is 6.56. The van der Waals surface area contributed by atoms with Crippen LogP contribution < -0.4 is 4.90 Å². The molecule has 6 nitrogen and oxygen atoms in total. The van der Waals surface area contributed by atoms with Crippen LogP contribution in [0.1, 0.15) is 18.7 Å². The Bertz CT molecular complexity index is 635. The van der Waals surface area contributed by atoms with Crippen LogP contribution in [0.4, 0.5) is 19.0 Å². The Kier molecular flexibility index (Phi) is 3.44. The number of likely N-dealkylation sites (N-methyl/N-ethyl adjacent to an activating group) is 1. The first-order chi connectivity index (χ1) is 9.95. The molecule has 9 heteroatoms. The van der Waals surface area contributed by atoms with E-state index in [1.165, 1.54) is 6.33 Å². The Morgan fingerprint density at radius 1 is 1.43 bits per heavy atom. The summed E-state index contributed by atoms with van der Waals surface area (Å²) in [6.45, 7) is 1.16. The highest BCUT2D eigenvalue weighted by molar-refractivity contribution is 5.83. The van der Waals surface area contributed by atoms with E-state index in [0.717, 1.165) is 12.8 Å². The molecular formula is C12H14F3N5O. The highest BCUT2D eigenvalue weighted by Gasteiger charge is 2.36. The SMILES string of the molecule is CN(CC1CCCO1)c1nc(C(F)(F)F)nc2nc[nH]c12. The summed E-state index contributed by atoms with van der Waals surface area (Å²) in [4.78, 5) is 15.3. The molecule has 3 rings (SSSR count). The Hall–Kier alpha value is -1.90. The summed E-state index contributed by atoms with van der Waals surface area (Å²) in [6.07, 6.45) is -1.42. The molecular weight excluding hydrogens is 287 g/mol. The van der Waals surface area contributed by atoms with Crippen LogP contribution in [-0.4, -0.2) is 46.2 Å². The van der Waals surface area contributed by atoms with Gasteiger partial charge in [0.1, 0.15) is 5.52 Å². The van der Waals surface area contributed by atoms with Gasteiger partial charge in [0.25, 0.3) is 0 Å². The number of nitrogens with zero attached hydrogens (tertiary/aromatic N) is 4. The van der Waals surface area contributed by atoms with Crippen LogP contribution >= 0.6 is 0 Å². The molecule has 0 aliphatic carbocycles. The van der Waals surface area contributed by atoms with Crippen LogP contribution in [0, 0.1) is 0 Å². The predicted molar refractivity (Wildman–Crippen MR) is 68.9 cm³/mol. The fourth-order valence-electron chi connectivity index (χ4n) is 2.40. The lowest BCUT2D eigenvalue weighted by molar-refractivity contribution is -0.144. The predicted octanol–water partition coefficient (Wildman–Crippen LogP) is 1.99. The molecule has 3 heterocycles. The molecule has 0 saturated carbocycles. The standard InChI is InChI=1S/C12H14F3N5O/c1-20(5-7-3-2-4-21-7)10-8-9(17-6-16-8)18-11(19-10)12(13,14)15/h6-7H,2-5H2,1H3,(H,16,17,18,19). The molecule has 1 aliphatic heterocycles. The topological polar surface area (TPSA) is 66.9 Å². The second-order valence-corrected chi connectivity index (χ2v) is 4.99. The number of hydrogen-bond acceptors (Lipinski definition) is 5. The lowest BCUT2D eigenvalue weighted by Gasteiger charge is -2.22. The minimum Gasteiger partial charge on any atom is -0.376 e. The van der Waals surface area contributed by atoms with Crippen LogP contribution in [0.3, 0.4) is 0 Å². The van der Waals surface area contributed by atoms with Gasteiger partial charge in [-0.3, -0.25) is 0 Å². The molecule has 114 valence electrons. The molecule has 1 unspecified atom stereocenters. The minimum absolute atomic E-state index is 0.00603. The van der Waals surface area contributed by atoms with Gasteiger partial charge in [-0.2, -0.15) is 13.2 Å². The summed E-state index contributed by atoms with van der Waals surface area (Å²) >= 11 is 0. The van der Waals surface area contributed by atoms with Gasteiger partial charge in [0.15, 0.2) is 11.5 Å². The molecule has 0 amide bonds. The van der Waals surface area contributed by atoms with Crippen molar-refractivity contribution in [1.29, 1.82) is 0 Å². The third-order valence-corrected chi connectivity index (χ3v) is 3.38. The van der Waals surface area contributed by atoms with E-state index >= 15 is 0 Å². The second-order valence-electron chi connectivity index (χ2n) is 4.99. The smallest absolute Gasteiger partial charge is 0.376 e. The van der Waals surface area contributed by atoms with Gasteiger partial charge in [-0.25, -0.2) is 15.0 Å². The number of rotatable bonds is 3. The summed E-state index contributed by atoms with van der Waals surface area (Å²) < 4.78 is 44.1. The maximum atomic E-state index is 12.9. The third kappa shape index (κ3) is 2.78. The average molecular weight is 301 g/mol. The number of aromatic amines is 1. The second kappa shape index (κ2) is 5.14. The molecule has 0 aromatic carbocycles. The van der Waals surface area contributed by atoms with Gasteiger partial charge >= 0.3 is 6.18 Å². The zero-order valence-electron chi connectivity index (χ0n) is 11.3. The van der Waals surface area contributed by atoms with Crippen LogP contribution in [0.25, 0.3) is 11.2 Å². The van der Waals surface area contributed by atoms with Gasteiger partial charge in [0.2, 0.25) is 5.82 Å². The first-order valence-electron chi connectivity index (χ1n) is 6.56. The Morgan fingerprint density at radius 2 is 2.24 bits per heavy atom. The van der Waals surface area contributed by atoms with Crippen molar-refractivity contribution in [2.24, 2.45) is 0 Å². The highest BCUT2D eigenvalue weighted by atomic mass is 19.4. The number of anilines is 1. The summed E-state index contributed by atoms with van der Waals surface area (Å²) in [5, 5.41) is 0. The van der Waals surface area contributed by atoms with Crippen molar-refractivity contribution in [2.45, 2.75) is 25.1 Å². The third-order valence-electron chi connectivity index (χ3n) is 3.38. The zero-order chi connectivity index (χ0) is 15.0. The van der Waals surface area contributed by atoms with Gasteiger partial charge in [0.05, 0.1) is 12.4 Å². The Balaban J connectivity index is 1.97. The molecule has 0 radical (unpaired) electrons. The number of halogens is 3. The van der Waals surface area contributed by atoms with Gasteiger partial charge in [0, 0.05) is 20.2 Å². The van der Waals surface area contributed by atoms with Crippen LogP contribution in [0.5, 0.6) is 0 Å². The van der Waals surface area contributed by atoms with E-state index in [4.69, 9.17) is 4.74 Å². The lowest BCUT2D eigenvalue weighted by atomic mass is 10.2. The quantitative estimate of drug-likeness (QED) is 0.939. The molecule has 1 atom stereocenters. The summed E-state index contributed by atoms with van der Waals surface area (Å²) in [6, 6.07) is 0. The number of hydrogen-bond donors (Lipinski definition) is 1. The normalized spacial score (nSPS) is 19.3. The monoisotopic (exact) mass is 301 g/mol. The van der Waals surface area contributed by atoms with Crippen molar-refractivity contribution in [1.82, 2.24) is 19.9 Å². The van der Waals surface area contributed by atoms with Gasteiger partial charge in [-0.15, -0.1) is 0 Å². The molecule has 1 fully saturated rings. The van der Waals surface area contributed by atoms with E-state index in [1.54, 1.807) is 11.9 Å². The van der Waals surface area contributed by atoms with E-state index in [-0.39, 0.29) is 17.6 Å². The maximum absolute atomic E-state index is 12.9. The number of aromatic nitrogens is 4. The Labute approximate surface area is 118 Å². The van der Waals surface area contributed by atoms with E-state index < -0.39 is 12.0 Å². The summed E-state index contributed by atoms with van der Waals surface area (Å²) in [5.41, 5.74) is 0.398. The molecule has 0 spiro atoms. The zero-order valence-corrected chi connectivity index (χ0v) is 11.3. The minimum atomic E-state index is -4.60. The maximum Gasteiger partial charge on any atom is 0.451 e. The largest absolute Gasteiger partial charge is 0.451 e. The van der Waals surface area contributed by atoms with Crippen LogP contribution in [0.2, 0.25) is 0 Å². The number of imidazole rings is 1. The van der Waals surface area contributed by atoms with Crippen molar-refractivity contribution in [2.75, 3.05) is 25.1 Å². The van der Waals surface area contributed by atoms with Crippen molar-refractivity contribution in [3.05, 3.63) is 12.2 Å². The van der Waals surface area contributed by atoms with Crippen molar-refractivity contribution >= 4 is 17.0 Å². The summed E-state index contributed by atoms with van der Waals surface area (Å²) in [5.74, 6) is -1.00. The average Bonchev–Trinajstić information content (AvgIpc) is 3.06. The van der Waals surface area contributed by atoms with E-state index in [0.29, 0.717) is 18.7 Å². The molecule has 1 N–H and O–H groups in total. The molecule has 2 aromatic heterocycles. The van der Waals surface area contributed by atoms with Crippen LogP contribution in [-0.2, 0) is 10.9 Å². The first kappa shape index (κ1) is 14.1. The molecule has 1 aliphatic rings. The van der Waals surface area contributed by atoms with Crippen molar-refractivity contribution in [3.63, 3.8) is 0 Å². The summed E-state index contributed by atoms with van der Waals surface area (Å²) in [7, 11) is 1.68. The molecule has 0 bridgehead atoms. The van der Waals surface area contributed by atoms with Gasteiger partial charge < -0.3 is 14.6 Å². The fourth-order valence-corrected chi connectivity index (χ4v) is 2.40. The van der Waals surface area contributed by atoms with Crippen molar-refractivity contribution in [3.8, 4) is 0 Å². The molecule has 21 heavy (non-hydrogen) atoms. The van der Waals surface area contributed by atoms with Crippen molar-refractivity contribution < 1.29 is 17.9 Å². The number of H-pyrrole nitrogens is 1. The van der Waals surface area contributed by atoms with Gasteiger partial charge in [-0.1, -0.05) is 0 Å². The molecule has 2 aromatic rings. The lowest BCUT2D eigenvalue weighted by Crippen LogP contribution is -2.30. The van der Waals surface area contributed by atoms with E-state index in [1.807, 2.05) is 0 Å². The van der Waals surface area contributed by atoms with Crippen LogP contribution in [0.15, 0.2) is 6.33 Å². The van der Waals surface area contributed by atoms with E-state index in [9.17, 15) is 13.2 Å². The number of nitrogens with one attached hydrogen (secondary N) is 1. The van der Waals surface area contributed by atoms with Gasteiger partial charge in [-0.05, 0) is 12.8 Å². The highest BCUT2D eigenvalue weighted by Crippen LogP contribution is 2.30. The fraction of sp³-hybridized carbons (Fsp3) is 0.583. The Morgan fingerprint density at radius 3 is 2.90 bits per heavy atom. The number of ether oxygens (including phenoxy) is 1. The molecule has 1 saturated heterocycles.